The molecule has 0 amide bonds. The lowest BCUT2D eigenvalue weighted by atomic mass is 9.90. The predicted molar refractivity (Wildman–Crippen MR) is 228 cm³/mol. The van der Waals surface area contributed by atoms with Crippen LogP contribution in [0.4, 0.5) is 0 Å². The third-order valence-corrected chi connectivity index (χ3v) is 17.9. The Kier molecular flexibility index (Phi) is 13.3. The summed E-state index contributed by atoms with van der Waals surface area (Å²) < 4.78 is 19.7. The van der Waals surface area contributed by atoms with Crippen molar-refractivity contribution in [1.29, 1.82) is 0 Å². The number of fused-ring (bicyclic) bond motifs is 1. The number of aromatic hydroxyl groups is 1. The van der Waals surface area contributed by atoms with Crippen molar-refractivity contribution in [1.82, 2.24) is 15.2 Å². The first-order valence-electron chi connectivity index (χ1n) is 19.3. The summed E-state index contributed by atoms with van der Waals surface area (Å²) in [5.41, 5.74) is 0.718. The summed E-state index contributed by atoms with van der Waals surface area (Å²) in [6.45, 7) is 13.6. The second-order valence-electron chi connectivity index (χ2n) is 16.2. The Morgan fingerprint density at radius 2 is 1.62 bits per heavy atom. The quantitative estimate of drug-likeness (QED) is 0.0680. The van der Waals surface area contributed by atoms with Gasteiger partial charge in [0, 0.05) is 37.1 Å². The third kappa shape index (κ3) is 9.47. The van der Waals surface area contributed by atoms with Crippen molar-refractivity contribution in [3.8, 4) is 11.5 Å². The molecule has 2 aromatic carbocycles. The lowest BCUT2D eigenvalue weighted by Crippen LogP contribution is -2.45. The van der Waals surface area contributed by atoms with Crippen LogP contribution in [-0.2, 0) is 26.1 Å². The molecule has 0 unspecified atom stereocenters. The van der Waals surface area contributed by atoms with Gasteiger partial charge in [0.25, 0.3) is 0 Å². The molecule has 0 aliphatic heterocycles. The summed E-state index contributed by atoms with van der Waals surface area (Å²) in [6, 6.07) is 22.8. The van der Waals surface area contributed by atoms with Gasteiger partial charge in [0.15, 0.2) is 8.32 Å². The van der Waals surface area contributed by atoms with E-state index in [-0.39, 0.29) is 28.6 Å². The zero-order valence-corrected chi connectivity index (χ0v) is 35.8. The van der Waals surface area contributed by atoms with Gasteiger partial charge in [-0.25, -0.2) is 4.79 Å². The molecular formula is C43H55N3O7S2Si. The number of carbonyl (C=O) groups is 1. The highest BCUT2D eigenvalue weighted by Crippen LogP contribution is 2.43. The number of benzene rings is 2. The molecule has 1 atom stereocenters. The Balaban J connectivity index is 0.990. The predicted octanol–water partition coefficient (Wildman–Crippen LogP) is 8.88. The maximum Gasteiger partial charge on any atom is 0.347 e. The number of carboxylic acids is 1. The van der Waals surface area contributed by atoms with Crippen molar-refractivity contribution in [3.05, 3.63) is 115 Å². The number of carboxylic acid groups (broad SMARTS) is 1. The molecule has 0 radical (unpaired) electrons. The van der Waals surface area contributed by atoms with Crippen molar-refractivity contribution < 1.29 is 28.9 Å². The van der Waals surface area contributed by atoms with Crippen molar-refractivity contribution in [2.45, 2.75) is 95.0 Å². The average molecular weight is 818 g/mol. The van der Waals surface area contributed by atoms with Crippen LogP contribution in [-0.4, -0.2) is 73.3 Å². The summed E-state index contributed by atoms with van der Waals surface area (Å²) in [7, 11) is -0.0553. The number of phenols is 1. The van der Waals surface area contributed by atoms with Crippen LogP contribution < -0.4 is 15.6 Å². The van der Waals surface area contributed by atoms with Crippen LogP contribution >= 0.6 is 22.7 Å². The van der Waals surface area contributed by atoms with E-state index in [1.54, 1.807) is 12.1 Å². The summed E-state index contributed by atoms with van der Waals surface area (Å²) in [5.74, 6) is -0.119. The van der Waals surface area contributed by atoms with Crippen molar-refractivity contribution in [3.63, 3.8) is 0 Å². The van der Waals surface area contributed by atoms with E-state index in [0.29, 0.717) is 41.0 Å². The second kappa shape index (κ2) is 17.8. The fourth-order valence-corrected chi connectivity index (χ4v) is 10.2. The number of H-pyrrole nitrogens is 1. The molecule has 300 valence electrons. The van der Waals surface area contributed by atoms with E-state index in [1.165, 1.54) is 28.7 Å². The number of pyridine rings is 1. The van der Waals surface area contributed by atoms with Crippen molar-refractivity contribution in [2.75, 3.05) is 26.7 Å². The number of rotatable bonds is 17. The molecule has 1 aliphatic rings. The molecule has 10 nitrogen and oxygen atoms in total. The minimum Gasteiger partial charge on any atom is -0.506 e. The molecule has 3 aromatic heterocycles. The van der Waals surface area contributed by atoms with Gasteiger partial charge < -0.3 is 39.3 Å². The number of aliphatic carboxylic acids is 1. The minimum atomic E-state index is -2.19. The Hall–Kier alpha value is -3.82. The summed E-state index contributed by atoms with van der Waals surface area (Å²) in [4.78, 5) is 31.4. The van der Waals surface area contributed by atoms with Gasteiger partial charge in [-0.3, -0.25) is 4.79 Å². The Morgan fingerprint density at radius 1 is 0.964 bits per heavy atom. The van der Waals surface area contributed by atoms with Crippen LogP contribution in [0, 0.1) is 0 Å². The molecule has 0 saturated heterocycles. The SMILES string of the molecule is CN(CCOc1ccc(CNC[C@H](O[Si](C)(C)C(C)(C)C)c2ccc(O)c3[nH]c(=O)ccc23)cc1)[C@H]1CC[C@H](OC(C(=O)O)(c2cccs2)c2cccs2)CC1. The second-order valence-corrected chi connectivity index (χ2v) is 22.9. The number of phenolic OH excluding ortho intramolecular Hbond substituents is 1. The Labute approximate surface area is 338 Å². The van der Waals surface area contributed by atoms with E-state index < -0.39 is 19.9 Å². The maximum atomic E-state index is 12.8. The first-order valence-corrected chi connectivity index (χ1v) is 24.0. The van der Waals surface area contributed by atoms with Crippen molar-refractivity contribution >= 4 is 47.9 Å². The molecule has 1 saturated carbocycles. The monoisotopic (exact) mass is 817 g/mol. The van der Waals surface area contributed by atoms with Crippen LogP contribution in [0.15, 0.2) is 88.4 Å². The van der Waals surface area contributed by atoms with E-state index in [9.17, 15) is 19.8 Å². The zero-order valence-electron chi connectivity index (χ0n) is 33.2. The number of hydrogen-bond donors (Lipinski definition) is 4. The molecule has 13 heteroatoms. The molecule has 56 heavy (non-hydrogen) atoms. The van der Waals surface area contributed by atoms with E-state index in [4.69, 9.17) is 13.9 Å². The molecule has 0 spiro atoms. The molecule has 0 bridgehead atoms. The number of likely N-dealkylation sites (N-methyl/N-ethyl adjacent to an activating group) is 1. The highest BCUT2D eigenvalue weighted by atomic mass is 32.1. The normalized spacial score (nSPS) is 17.3. The maximum absolute atomic E-state index is 12.8. The summed E-state index contributed by atoms with van der Waals surface area (Å²) in [5, 5.41) is 29.2. The van der Waals surface area contributed by atoms with Crippen LogP contribution in [0.3, 0.4) is 0 Å². The van der Waals surface area contributed by atoms with E-state index in [0.717, 1.165) is 54.5 Å². The number of aromatic amines is 1. The number of hydrogen-bond acceptors (Lipinski definition) is 10. The largest absolute Gasteiger partial charge is 0.506 e. The lowest BCUT2D eigenvalue weighted by molar-refractivity contribution is -0.170. The van der Waals surface area contributed by atoms with Crippen LogP contribution in [0.1, 0.15) is 73.4 Å². The van der Waals surface area contributed by atoms with E-state index in [2.05, 4.69) is 68.2 Å². The third-order valence-electron chi connectivity index (χ3n) is 11.4. The fourth-order valence-electron chi connectivity index (χ4n) is 7.14. The molecule has 5 aromatic rings. The zero-order chi connectivity index (χ0) is 40.1. The lowest BCUT2D eigenvalue weighted by Gasteiger charge is -2.39. The van der Waals surface area contributed by atoms with Gasteiger partial charge >= 0.3 is 5.97 Å². The Bertz CT molecular complexity index is 2050. The number of nitrogens with one attached hydrogen (secondary N) is 2. The highest BCUT2D eigenvalue weighted by Gasteiger charge is 2.48. The molecule has 3 heterocycles. The van der Waals surface area contributed by atoms with Gasteiger partial charge in [-0.1, -0.05) is 51.1 Å². The van der Waals surface area contributed by atoms with Gasteiger partial charge in [0.2, 0.25) is 11.2 Å². The van der Waals surface area contributed by atoms with Gasteiger partial charge in [-0.15, -0.1) is 22.7 Å². The fraction of sp³-hybridized carbons (Fsp3) is 0.442. The van der Waals surface area contributed by atoms with Gasteiger partial charge in [0.1, 0.15) is 18.1 Å². The number of thiophene rings is 2. The first kappa shape index (κ1) is 41.8. The van der Waals surface area contributed by atoms with Gasteiger partial charge in [-0.05, 0) is 109 Å². The molecule has 6 rings (SSSR count). The molecular weight excluding hydrogens is 763 g/mol. The highest BCUT2D eigenvalue weighted by molar-refractivity contribution is 7.12. The topological polar surface area (TPSA) is 133 Å². The van der Waals surface area contributed by atoms with Crippen molar-refractivity contribution in [2.24, 2.45) is 0 Å². The molecule has 1 fully saturated rings. The number of nitrogens with zero attached hydrogens (tertiary/aromatic N) is 1. The molecule has 4 N–H and O–H groups in total. The van der Waals surface area contributed by atoms with Gasteiger partial charge in [-0.2, -0.15) is 0 Å². The first-order chi connectivity index (χ1) is 26.7. The smallest absolute Gasteiger partial charge is 0.347 e. The molecule has 1 aliphatic carbocycles. The van der Waals surface area contributed by atoms with Crippen LogP contribution in [0.5, 0.6) is 11.5 Å². The summed E-state index contributed by atoms with van der Waals surface area (Å²) in [6.07, 6.45) is 3.02. The van der Waals surface area contributed by atoms with Crippen LogP contribution in [0.2, 0.25) is 18.1 Å². The van der Waals surface area contributed by atoms with E-state index >= 15 is 0 Å². The standard InChI is InChI=1S/C43H55N3O7S2Si/c1-42(2,3)56(5,6)53-36(33-19-21-35(47)40-34(33)20-22-39(48)45-40)28-44-27-29-11-15-31(16-12-29)51-24-23-46(4)30-13-17-32(18-14-30)52-43(41(49)50,37-9-7-25-54-37)38-10-8-26-55-38/h7-12,15-16,19-22,25-26,30,32,36,44,47H,13-14,17-18,23-24,27-28H2,1-6H3,(H,45,48)(H,49,50)/t30-,32-,36-/m0/s1. The van der Waals surface area contributed by atoms with Gasteiger partial charge in [0.05, 0.1) is 27.5 Å². The average Bonchev–Trinajstić information content (AvgIpc) is 3.91. The summed E-state index contributed by atoms with van der Waals surface area (Å²) >= 11 is 2.84. The number of ether oxygens (including phenoxy) is 2. The number of aromatic nitrogens is 1. The Morgan fingerprint density at radius 3 is 2.21 bits per heavy atom. The van der Waals surface area contributed by atoms with E-state index in [1.807, 2.05) is 53.2 Å². The van der Waals surface area contributed by atoms with Crippen LogP contribution in [0.25, 0.3) is 10.9 Å². The minimum absolute atomic E-state index is 0.00280.